The first kappa shape index (κ1) is 16.2. The van der Waals surface area contributed by atoms with E-state index in [1.807, 2.05) is 36.4 Å². The summed E-state index contributed by atoms with van der Waals surface area (Å²) in [6.07, 6.45) is 2.78. The second kappa shape index (κ2) is 8.35. The van der Waals surface area contributed by atoms with Crippen LogP contribution in [0.5, 0.6) is 0 Å². The van der Waals surface area contributed by atoms with E-state index >= 15 is 0 Å². The molecule has 0 radical (unpaired) electrons. The molecule has 0 bridgehead atoms. The Bertz CT molecular complexity index is 736. The number of halogens is 1. The number of nitrogens with zero attached hydrogens (tertiary/aromatic N) is 1. The van der Waals surface area contributed by atoms with Crippen molar-refractivity contribution in [3.05, 3.63) is 77.1 Å². The van der Waals surface area contributed by atoms with E-state index in [2.05, 4.69) is 5.32 Å². The van der Waals surface area contributed by atoms with Crippen LogP contribution in [-0.4, -0.2) is 12.6 Å². The van der Waals surface area contributed by atoms with E-state index in [0.717, 1.165) is 5.56 Å². The van der Waals surface area contributed by atoms with Gasteiger partial charge in [0.05, 0.1) is 11.6 Å². The molecule has 0 saturated heterocycles. The van der Waals surface area contributed by atoms with Crippen LogP contribution in [0, 0.1) is 17.1 Å². The maximum absolute atomic E-state index is 13.0. The molecule has 23 heavy (non-hydrogen) atoms. The Morgan fingerprint density at radius 3 is 2.78 bits per heavy atom. The maximum atomic E-state index is 13.0. The van der Waals surface area contributed by atoms with Gasteiger partial charge in [0.25, 0.3) is 0 Å². The molecular weight excluding hydrogens is 295 g/mol. The first-order chi connectivity index (χ1) is 11.2. The molecule has 0 aliphatic rings. The second-order valence-corrected chi connectivity index (χ2v) is 4.69. The summed E-state index contributed by atoms with van der Waals surface area (Å²) in [5.74, 6) is -0.457. The minimum atomic E-state index is -0.530. The van der Waals surface area contributed by atoms with Crippen LogP contribution in [0.15, 0.2) is 54.6 Å². The Kier molecular flexibility index (Phi) is 5.89. The molecule has 0 aliphatic carbocycles. The molecule has 4 nitrogen and oxygen atoms in total. The number of carbonyl (C=O) groups is 1. The minimum absolute atomic E-state index is 0.201. The fourth-order valence-electron chi connectivity index (χ4n) is 1.87. The van der Waals surface area contributed by atoms with E-state index in [4.69, 9.17) is 10.00 Å². The van der Waals surface area contributed by atoms with Gasteiger partial charge in [-0.25, -0.2) is 9.18 Å². The summed E-state index contributed by atoms with van der Waals surface area (Å²) in [7, 11) is 0. The first-order valence-electron chi connectivity index (χ1n) is 7.00. The van der Waals surface area contributed by atoms with Crippen LogP contribution in [0.4, 0.5) is 9.18 Å². The van der Waals surface area contributed by atoms with Crippen molar-refractivity contribution in [3.8, 4) is 6.07 Å². The van der Waals surface area contributed by atoms with Gasteiger partial charge in [-0.15, -0.1) is 0 Å². The smallest absolute Gasteiger partial charge is 0.407 e. The molecule has 2 aromatic carbocycles. The van der Waals surface area contributed by atoms with Crippen molar-refractivity contribution in [2.24, 2.45) is 0 Å². The van der Waals surface area contributed by atoms with Gasteiger partial charge >= 0.3 is 6.09 Å². The van der Waals surface area contributed by atoms with Gasteiger partial charge in [-0.1, -0.05) is 48.6 Å². The summed E-state index contributed by atoms with van der Waals surface area (Å²) in [6, 6.07) is 15.2. The highest BCUT2D eigenvalue weighted by molar-refractivity contribution is 5.67. The normalized spacial score (nSPS) is 10.3. The lowest BCUT2D eigenvalue weighted by atomic mass is 10.1. The lowest BCUT2D eigenvalue weighted by molar-refractivity contribution is 0.141. The van der Waals surface area contributed by atoms with Crippen molar-refractivity contribution in [1.82, 2.24) is 5.32 Å². The summed E-state index contributed by atoms with van der Waals surface area (Å²) in [4.78, 5) is 11.5. The number of ether oxygens (including phenoxy) is 1. The van der Waals surface area contributed by atoms with Crippen LogP contribution < -0.4 is 5.32 Å². The molecule has 0 spiro atoms. The lowest BCUT2D eigenvalue weighted by Gasteiger charge is -2.05. The highest BCUT2D eigenvalue weighted by Crippen LogP contribution is 2.11. The molecule has 0 aromatic heterocycles. The van der Waals surface area contributed by atoms with Crippen LogP contribution in [0.3, 0.4) is 0 Å². The maximum Gasteiger partial charge on any atom is 0.407 e. The van der Waals surface area contributed by atoms with Crippen LogP contribution in [0.2, 0.25) is 0 Å². The van der Waals surface area contributed by atoms with Crippen molar-refractivity contribution in [3.63, 3.8) is 0 Å². The molecular formula is C18H15FN2O2. The zero-order chi connectivity index (χ0) is 16.5. The number of hydrogen-bond acceptors (Lipinski definition) is 3. The number of benzene rings is 2. The average Bonchev–Trinajstić information content (AvgIpc) is 2.58. The number of hydrogen-bond donors (Lipinski definition) is 1. The fourth-order valence-corrected chi connectivity index (χ4v) is 1.87. The number of nitrogens with one attached hydrogen (secondary N) is 1. The number of amides is 1. The Labute approximate surface area is 133 Å². The molecule has 1 N–H and O–H groups in total. The Morgan fingerprint density at radius 2 is 2.04 bits per heavy atom. The number of alkyl carbamates (subject to hydrolysis) is 1. The number of rotatable bonds is 5. The Balaban J connectivity index is 1.78. The third-order valence-electron chi connectivity index (χ3n) is 3.01. The molecule has 0 heterocycles. The first-order valence-corrected chi connectivity index (χ1v) is 7.00. The van der Waals surface area contributed by atoms with Gasteiger partial charge < -0.3 is 10.1 Å². The molecule has 2 aromatic rings. The molecule has 2 rings (SSSR count). The third-order valence-corrected chi connectivity index (χ3v) is 3.01. The summed E-state index contributed by atoms with van der Waals surface area (Å²) < 4.78 is 18.1. The summed E-state index contributed by atoms with van der Waals surface area (Å²) in [5, 5.41) is 11.5. The molecule has 0 unspecified atom stereocenters. The number of carbonyl (C=O) groups excluding carboxylic acids is 1. The van der Waals surface area contributed by atoms with Crippen molar-refractivity contribution >= 4 is 12.2 Å². The quantitative estimate of drug-likeness (QED) is 0.917. The van der Waals surface area contributed by atoms with E-state index in [1.165, 1.54) is 18.2 Å². The van der Waals surface area contributed by atoms with Gasteiger partial charge in [0.2, 0.25) is 0 Å². The molecule has 0 saturated carbocycles. The zero-order valence-corrected chi connectivity index (χ0v) is 12.3. The van der Waals surface area contributed by atoms with E-state index in [9.17, 15) is 9.18 Å². The predicted octanol–water partition coefficient (Wildman–Crippen LogP) is 3.64. The van der Waals surface area contributed by atoms with Gasteiger partial charge in [0.15, 0.2) is 0 Å². The van der Waals surface area contributed by atoms with E-state index < -0.39 is 11.9 Å². The van der Waals surface area contributed by atoms with Crippen molar-refractivity contribution in [1.29, 1.82) is 5.26 Å². The summed E-state index contributed by atoms with van der Waals surface area (Å²) in [5.41, 5.74) is 1.74. The predicted molar refractivity (Wildman–Crippen MR) is 84.8 cm³/mol. The molecule has 0 atom stereocenters. The van der Waals surface area contributed by atoms with Crippen LogP contribution in [0.25, 0.3) is 6.08 Å². The second-order valence-electron chi connectivity index (χ2n) is 4.69. The van der Waals surface area contributed by atoms with Gasteiger partial charge in [-0.2, -0.15) is 5.26 Å². The van der Waals surface area contributed by atoms with E-state index in [0.29, 0.717) is 5.56 Å². The summed E-state index contributed by atoms with van der Waals surface area (Å²) >= 11 is 0. The summed E-state index contributed by atoms with van der Waals surface area (Å²) in [6.45, 7) is 0.447. The van der Waals surface area contributed by atoms with Crippen molar-refractivity contribution in [2.45, 2.75) is 6.61 Å². The van der Waals surface area contributed by atoms with Gasteiger partial charge in [-0.3, -0.25) is 0 Å². The largest absolute Gasteiger partial charge is 0.445 e. The topological polar surface area (TPSA) is 62.1 Å². The Morgan fingerprint density at radius 1 is 1.26 bits per heavy atom. The van der Waals surface area contributed by atoms with Gasteiger partial charge in [0, 0.05) is 6.54 Å². The molecule has 5 heteroatoms. The SMILES string of the molecule is N#Cc1cc(F)ccc1C=CCNC(=O)OCc1ccccc1. The molecule has 0 aliphatic heterocycles. The number of nitriles is 1. The van der Waals surface area contributed by atoms with Crippen LogP contribution in [0.1, 0.15) is 16.7 Å². The van der Waals surface area contributed by atoms with Crippen molar-refractivity contribution in [2.75, 3.05) is 6.54 Å². The third kappa shape index (κ3) is 5.29. The molecule has 0 fully saturated rings. The van der Waals surface area contributed by atoms with E-state index in [-0.39, 0.29) is 18.7 Å². The van der Waals surface area contributed by atoms with Gasteiger partial charge in [-0.05, 0) is 23.3 Å². The molecule has 1 amide bonds. The Hall–Kier alpha value is -3.13. The lowest BCUT2D eigenvalue weighted by Crippen LogP contribution is -2.24. The van der Waals surface area contributed by atoms with Crippen LogP contribution >= 0.6 is 0 Å². The van der Waals surface area contributed by atoms with E-state index in [1.54, 1.807) is 12.2 Å². The monoisotopic (exact) mass is 310 g/mol. The van der Waals surface area contributed by atoms with Crippen molar-refractivity contribution < 1.29 is 13.9 Å². The van der Waals surface area contributed by atoms with Crippen LogP contribution in [-0.2, 0) is 11.3 Å². The minimum Gasteiger partial charge on any atom is -0.445 e. The zero-order valence-electron chi connectivity index (χ0n) is 12.3. The van der Waals surface area contributed by atoms with Gasteiger partial charge in [0.1, 0.15) is 12.4 Å². The highest BCUT2D eigenvalue weighted by atomic mass is 19.1. The fraction of sp³-hybridized carbons (Fsp3) is 0.111. The highest BCUT2D eigenvalue weighted by Gasteiger charge is 2.02. The standard InChI is InChI=1S/C18H15FN2O2/c19-17-9-8-15(16(11-17)12-20)7-4-10-21-18(22)23-13-14-5-2-1-3-6-14/h1-9,11H,10,13H2,(H,21,22). The average molecular weight is 310 g/mol. The molecule has 116 valence electrons.